The largest absolute Gasteiger partial charge is 0.343 e. The van der Waals surface area contributed by atoms with Crippen LogP contribution in [-0.2, 0) is 0 Å². The van der Waals surface area contributed by atoms with E-state index in [-0.39, 0.29) is 11.9 Å². The molecule has 0 saturated heterocycles. The first kappa shape index (κ1) is 15.2. The summed E-state index contributed by atoms with van der Waals surface area (Å²) in [4.78, 5) is 14.2. The molecule has 1 unspecified atom stereocenters. The summed E-state index contributed by atoms with van der Waals surface area (Å²) in [5.41, 5.74) is 0. The highest BCUT2D eigenvalue weighted by molar-refractivity contribution is 9.13. The summed E-state index contributed by atoms with van der Waals surface area (Å²) in [6.45, 7) is 4.23. The van der Waals surface area contributed by atoms with Gasteiger partial charge in [-0.3, -0.25) is 4.79 Å². The Morgan fingerprint density at radius 1 is 1.37 bits per heavy atom. The molecule has 2 aromatic rings. The van der Waals surface area contributed by atoms with Crippen LogP contribution in [0.4, 0.5) is 0 Å². The quantitative estimate of drug-likeness (QED) is 0.695. The fourth-order valence-electron chi connectivity index (χ4n) is 1.71. The van der Waals surface area contributed by atoms with E-state index in [2.05, 4.69) is 57.1 Å². The minimum absolute atomic E-state index is 0.0245. The molecule has 0 saturated carbocycles. The fraction of sp³-hybridized carbons (Fsp3) is 0.308. The number of hydrogen-bond donors (Lipinski definition) is 1. The van der Waals surface area contributed by atoms with Crippen LogP contribution in [0.25, 0.3) is 0 Å². The maximum Gasteiger partial charge on any atom is 0.261 e. The van der Waals surface area contributed by atoms with Crippen LogP contribution in [0.1, 0.15) is 34.4 Å². The summed E-state index contributed by atoms with van der Waals surface area (Å²) in [6.07, 6.45) is 0. The maximum atomic E-state index is 12.3. The van der Waals surface area contributed by atoms with Crippen LogP contribution >= 0.6 is 54.5 Å². The molecule has 1 atom stereocenters. The molecule has 2 nitrogen and oxygen atoms in total. The van der Waals surface area contributed by atoms with Crippen LogP contribution in [-0.4, -0.2) is 5.91 Å². The smallest absolute Gasteiger partial charge is 0.261 e. The third-order valence-electron chi connectivity index (χ3n) is 2.67. The maximum absolute atomic E-state index is 12.3. The average Bonchev–Trinajstić information content (AvgIpc) is 2.97. The van der Waals surface area contributed by atoms with E-state index in [9.17, 15) is 4.79 Å². The van der Waals surface area contributed by atoms with E-state index >= 15 is 0 Å². The van der Waals surface area contributed by atoms with Crippen LogP contribution in [0, 0.1) is 5.92 Å². The number of hydrogen-bond acceptors (Lipinski definition) is 3. The van der Waals surface area contributed by atoms with Gasteiger partial charge in [-0.15, -0.1) is 22.7 Å². The SMILES string of the molecule is CC(C)C(NC(=O)c1cc(Br)c(Br)s1)c1cccs1. The van der Waals surface area contributed by atoms with E-state index in [0.717, 1.165) is 8.26 Å². The van der Waals surface area contributed by atoms with Gasteiger partial charge in [0.1, 0.15) is 0 Å². The Bertz CT molecular complexity index is 544. The van der Waals surface area contributed by atoms with Gasteiger partial charge in [-0.05, 0) is 55.3 Å². The molecule has 0 fully saturated rings. The van der Waals surface area contributed by atoms with Gasteiger partial charge in [-0.2, -0.15) is 0 Å². The van der Waals surface area contributed by atoms with Crippen molar-refractivity contribution in [2.24, 2.45) is 5.92 Å². The molecule has 0 aromatic carbocycles. The molecule has 6 heteroatoms. The highest BCUT2D eigenvalue weighted by Gasteiger charge is 2.21. The van der Waals surface area contributed by atoms with E-state index in [1.807, 2.05) is 17.5 Å². The van der Waals surface area contributed by atoms with E-state index < -0.39 is 0 Å². The number of halogens is 2. The first-order valence-corrected chi connectivity index (χ1v) is 9.06. The minimum Gasteiger partial charge on any atom is -0.343 e. The van der Waals surface area contributed by atoms with E-state index in [1.165, 1.54) is 16.2 Å². The normalized spacial score (nSPS) is 12.7. The molecule has 0 radical (unpaired) electrons. The predicted molar refractivity (Wildman–Crippen MR) is 89.1 cm³/mol. The van der Waals surface area contributed by atoms with Crippen molar-refractivity contribution in [1.29, 1.82) is 0 Å². The van der Waals surface area contributed by atoms with Crippen molar-refractivity contribution in [2.45, 2.75) is 19.9 Å². The summed E-state index contributed by atoms with van der Waals surface area (Å²) in [7, 11) is 0. The molecule has 0 aliphatic rings. The van der Waals surface area contributed by atoms with Gasteiger partial charge in [-0.1, -0.05) is 19.9 Å². The van der Waals surface area contributed by atoms with Crippen LogP contribution < -0.4 is 5.32 Å². The lowest BCUT2D eigenvalue weighted by Gasteiger charge is -2.20. The lowest BCUT2D eigenvalue weighted by Crippen LogP contribution is -2.30. The van der Waals surface area contributed by atoms with Crippen molar-refractivity contribution >= 4 is 60.4 Å². The third-order valence-corrected chi connectivity index (χ3v) is 6.88. The fourth-order valence-corrected chi connectivity index (χ4v) is 4.59. The van der Waals surface area contributed by atoms with Gasteiger partial charge in [0.25, 0.3) is 5.91 Å². The van der Waals surface area contributed by atoms with E-state index in [1.54, 1.807) is 11.3 Å². The van der Waals surface area contributed by atoms with Crippen LogP contribution in [0.5, 0.6) is 0 Å². The summed E-state index contributed by atoms with van der Waals surface area (Å²) in [5.74, 6) is 0.331. The van der Waals surface area contributed by atoms with Gasteiger partial charge < -0.3 is 5.32 Å². The van der Waals surface area contributed by atoms with Crippen molar-refractivity contribution in [2.75, 3.05) is 0 Å². The Hall–Kier alpha value is -0.170. The molecule has 19 heavy (non-hydrogen) atoms. The average molecular weight is 423 g/mol. The van der Waals surface area contributed by atoms with E-state index in [0.29, 0.717) is 10.8 Å². The van der Waals surface area contributed by atoms with Gasteiger partial charge in [0.2, 0.25) is 0 Å². The highest BCUT2D eigenvalue weighted by Crippen LogP contribution is 2.33. The molecule has 2 heterocycles. The topological polar surface area (TPSA) is 29.1 Å². The molecular formula is C13H13Br2NOS2. The minimum atomic E-state index is -0.0245. The van der Waals surface area contributed by atoms with Crippen molar-refractivity contribution in [3.63, 3.8) is 0 Å². The lowest BCUT2D eigenvalue weighted by atomic mass is 10.0. The molecular weight excluding hydrogens is 410 g/mol. The number of amides is 1. The monoisotopic (exact) mass is 421 g/mol. The third kappa shape index (κ3) is 3.68. The Kier molecular flexibility index (Phi) is 5.22. The zero-order valence-corrected chi connectivity index (χ0v) is 15.2. The van der Waals surface area contributed by atoms with Gasteiger partial charge in [0, 0.05) is 9.35 Å². The number of nitrogens with one attached hydrogen (secondary N) is 1. The van der Waals surface area contributed by atoms with Gasteiger partial charge in [0.05, 0.1) is 14.7 Å². The van der Waals surface area contributed by atoms with Gasteiger partial charge in [-0.25, -0.2) is 0 Å². The van der Waals surface area contributed by atoms with Crippen LogP contribution in [0.2, 0.25) is 0 Å². The first-order valence-electron chi connectivity index (χ1n) is 5.78. The first-order chi connectivity index (χ1) is 8.99. The second-order valence-corrected chi connectivity index (χ2v) is 8.65. The number of carbonyl (C=O) groups excluding carboxylic acids is 1. The van der Waals surface area contributed by atoms with Crippen molar-refractivity contribution in [3.05, 3.63) is 41.6 Å². The molecule has 102 valence electrons. The molecule has 0 aliphatic heterocycles. The zero-order valence-electron chi connectivity index (χ0n) is 10.4. The van der Waals surface area contributed by atoms with Gasteiger partial charge in [0.15, 0.2) is 0 Å². The van der Waals surface area contributed by atoms with Gasteiger partial charge >= 0.3 is 0 Å². The molecule has 0 aliphatic carbocycles. The van der Waals surface area contributed by atoms with E-state index in [4.69, 9.17) is 0 Å². The molecule has 1 N–H and O–H groups in total. The highest BCUT2D eigenvalue weighted by atomic mass is 79.9. The molecule has 0 spiro atoms. The number of rotatable bonds is 4. The molecule has 2 rings (SSSR count). The standard InChI is InChI=1S/C13H13Br2NOS2/c1-7(2)11(9-4-3-5-18-9)16-13(17)10-6-8(14)12(15)19-10/h3-7,11H,1-2H3,(H,16,17). The van der Waals surface area contributed by atoms with Crippen molar-refractivity contribution in [1.82, 2.24) is 5.32 Å². The Morgan fingerprint density at radius 3 is 2.58 bits per heavy atom. The Morgan fingerprint density at radius 2 is 2.11 bits per heavy atom. The second-order valence-electron chi connectivity index (χ2n) is 4.44. The summed E-state index contributed by atoms with van der Waals surface area (Å²) in [5, 5.41) is 5.15. The van der Waals surface area contributed by atoms with Crippen LogP contribution in [0.3, 0.4) is 0 Å². The zero-order chi connectivity index (χ0) is 14.0. The second kappa shape index (κ2) is 6.52. The number of carbonyl (C=O) groups is 1. The number of thiophene rings is 2. The summed E-state index contributed by atoms with van der Waals surface area (Å²) in [6, 6.07) is 5.98. The molecule has 1 amide bonds. The Balaban J connectivity index is 2.16. The van der Waals surface area contributed by atoms with Crippen molar-refractivity contribution < 1.29 is 4.79 Å². The summed E-state index contributed by atoms with van der Waals surface area (Å²) >= 11 is 9.93. The predicted octanol–water partition coefficient (Wildman–Crippen LogP) is 5.46. The van der Waals surface area contributed by atoms with Crippen LogP contribution in [0.15, 0.2) is 31.8 Å². The molecule has 2 aromatic heterocycles. The summed E-state index contributed by atoms with van der Waals surface area (Å²) < 4.78 is 1.86. The van der Waals surface area contributed by atoms with Crippen molar-refractivity contribution in [3.8, 4) is 0 Å². The molecule has 0 bridgehead atoms. The lowest BCUT2D eigenvalue weighted by molar-refractivity contribution is 0.0930. The Labute approximate surface area is 137 Å².